The minimum atomic E-state index is 0.491. The topological polar surface area (TPSA) is 76.3 Å². The van der Waals surface area contributed by atoms with Gasteiger partial charge in [-0.3, -0.25) is 0 Å². The van der Waals surface area contributed by atoms with Gasteiger partial charge in [-0.15, -0.1) is 0 Å². The molecule has 1 heterocycles. The zero-order valence-electron chi connectivity index (χ0n) is 18.1. The number of anilines is 4. The van der Waals surface area contributed by atoms with Crippen molar-refractivity contribution in [3.8, 4) is 5.75 Å². The van der Waals surface area contributed by atoms with E-state index in [1.165, 1.54) is 11.1 Å². The van der Waals surface area contributed by atoms with Gasteiger partial charge < -0.3 is 20.7 Å². The molecule has 6 heteroatoms. The second kappa shape index (κ2) is 10.3. The Hall–Kier alpha value is -4.06. The number of benzene rings is 3. The van der Waals surface area contributed by atoms with Crippen LogP contribution in [0.3, 0.4) is 0 Å². The summed E-state index contributed by atoms with van der Waals surface area (Å²) in [4.78, 5) is 11.1. The fraction of sp³-hybridized carbons (Fsp3) is 0.154. The maximum atomic E-state index is 6.59. The molecule has 1 aromatic heterocycles. The minimum absolute atomic E-state index is 0.491. The standard InChI is InChI=1S/C26H27N5O/c1-2-32-23-16-10-9-15-22(23)30-25-24(27)26(29-19-28-25)31(17-20-11-5-3-6-12-20)18-21-13-7-4-8-14-21/h3-16,19H,2,17-18,27H2,1H3,(H,28,29,30). The van der Waals surface area contributed by atoms with E-state index in [4.69, 9.17) is 10.5 Å². The van der Waals surface area contributed by atoms with Crippen molar-refractivity contribution in [3.05, 3.63) is 102 Å². The highest BCUT2D eigenvalue weighted by Gasteiger charge is 2.17. The van der Waals surface area contributed by atoms with Gasteiger partial charge in [-0.05, 0) is 30.2 Å². The first kappa shape index (κ1) is 21.2. The van der Waals surface area contributed by atoms with E-state index in [0.29, 0.717) is 37.0 Å². The predicted molar refractivity (Wildman–Crippen MR) is 130 cm³/mol. The molecule has 0 aliphatic heterocycles. The van der Waals surface area contributed by atoms with Crippen molar-refractivity contribution < 1.29 is 4.74 Å². The van der Waals surface area contributed by atoms with Gasteiger partial charge in [0.25, 0.3) is 0 Å². The van der Waals surface area contributed by atoms with Crippen LogP contribution < -0.4 is 20.7 Å². The molecule has 0 spiro atoms. The minimum Gasteiger partial charge on any atom is -0.492 e. The van der Waals surface area contributed by atoms with Crippen molar-refractivity contribution in [1.82, 2.24) is 9.97 Å². The summed E-state index contributed by atoms with van der Waals surface area (Å²) in [5.74, 6) is 1.98. The first-order valence-corrected chi connectivity index (χ1v) is 10.7. The average molecular weight is 426 g/mol. The lowest BCUT2D eigenvalue weighted by Crippen LogP contribution is -2.24. The summed E-state index contributed by atoms with van der Waals surface area (Å²) in [6.07, 6.45) is 1.54. The third kappa shape index (κ3) is 5.16. The van der Waals surface area contributed by atoms with Crippen LogP contribution in [0.25, 0.3) is 0 Å². The van der Waals surface area contributed by atoms with E-state index in [0.717, 1.165) is 11.4 Å². The van der Waals surface area contributed by atoms with E-state index in [-0.39, 0.29) is 0 Å². The Labute approximate surface area is 188 Å². The van der Waals surface area contributed by atoms with Crippen LogP contribution in [0.5, 0.6) is 5.75 Å². The molecule has 0 bridgehead atoms. The van der Waals surface area contributed by atoms with Gasteiger partial charge in [-0.1, -0.05) is 72.8 Å². The van der Waals surface area contributed by atoms with Gasteiger partial charge in [0.1, 0.15) is 17.8 Å². The monoisotopic (exact) mass is 425 g/mol. The van der Waals surface area contributed by atoms with Crippen LogP contribution in [-0.2, 0) is 13.1 Å². The normalized spacial score (nSPS) is 10.5. The summed E-state index contributed by atoms with van der Waals surface area (Å²) in [6.45, 7) is 3.88. The van der Waals surface area contributed by atoms with Gasteiger partial charge in [0, 0.05) is 13.1 Å². The molecule has 4 rings (SSSR count). The number of hydrogen-bond donors (Lipinski definition) is 2. The largest absolute Gasteiger partial charge is 0.492 e. The van der Waals surface area contributed by atoms with E-state index in [9.17, 15) is 0 Å². The summed E-state index contributed by atoms with van der Waals surface area (Å²) >= 11 is 0. The van der Waals surface area contributed by atoms with Crippen molar-refractivity contribution in [3.63, 3.8) is 0 Å². The lowest BCUT2D eigenvalue weighted by atomic mass is 10.1. The smallest absolute Gasteiger partial charge is 0.159 e. The van der Waals surface area contributed by atoms with Crippen molar-refractivity contribution in [2.24, 2.45) is 0 Å². The lowest BCUT2D eigenvalue weighted by molar-refractivity contribution is 0.342. The Bertz CT molecular complexity index is 1090. The number of nitrogens with zero attached hydrogens (tertiary/aromatic N) is 3. The molecule has 0 atom stereocenters. The molecular weight excluding hydrogens is 398 g/mol. The van der Waals surface area contributed by atoms with Crippen molar-refractivity contribution in [2.75, 3.05) is 22.6 Å². The molecule has 4 aromatic rings. The molecule has 0 unspecified atom stereocenters. The molecule has 0 fully saturated rings. The van der Waals surface area contributed by atoms with Crippen molar-refractivity contribution in [2.45, 2.75) is 20.0 Å². The van der Waals surface area contributed by atoms with Crippen LogP contribution >= 0.6 is 0 Å². The predicted octanol–water partition coefficient (Wildman–Crippen LogP) is 5.41. The van der Waals surface area contributed by atoms with E-state index >= 15 is 0 Å². The molecule has 0 saturated heterocycles. The summed E-state index contributed by atoms with van der Waals surface area (Å²) in [5, 5.41) is 3.32. The number of nitrogens with two attached hydrogens (primary N) is 1. The van der Waals surface area contributed by atoms with Crippen LogP contribution in [0, 0.1) is 0 Å². The second-order valence-electron chi connectivity index (χ2n) is 7.34. The number of rotatable bonds is 9. The van der Waals surface area contributed by atoms with Crippen LogP contribution in [0.1, 0.15) is 18.1 Å². The molecular formula is C26H27N5O. The van der Waals surface area contributed by atoms with E-state index in [1.807, 2.05) is 67.6 Å². The van der Waals surface area contributed by atoms with Crippen LogP contribution in [0.2, 0.25) is 0 Å². The molecule has 32 heavy (non-hydrogen) atoms. The highest BCUT2D eigenvalue weighted by atomic mass is 16.5. The maximum absolute atomic E-state index is 6.59. The quantitative estimate of drug-likeness (QED) is 0.373. The third-order valence-corrected chi connectivity index (χ3v) is 5.03. The number of para-hydroxylation sites is 2. The summed E-state index contributed by atoms with van der Waals surface area (Å²) in [5.41, 5.74) is 10.3. The third-order valence-electron chi connectivity index (χ3n) is 5.03. The van der Waals surface area contributed by atoms with Crippen molar-refractivity contribution in [1.29, 1.82) is 0 Å². The number of ether oxygens (including phenoxy) is 1. The van der Waals surface area contributed by atoms with Gasteiger partial charge >= 0.3 is 0 Å². The average Bonchev–Trinajstić information content (AvgIpc) is 2.83. The zero-order chi connectivity index (χ0) is 22.2. The fourth-order valence-electron chi connectivity index (χ4n) is 3.53. The summed E-state index contributed by atoms with van der Waals surface area (Å²) < 4.78 is 5.73. The molecule has 162 valence electrons. The Morgan fingerprint density at radius 3 is 2.03 bits per heavy atom. The van der Waals surface area contributed by atoms with E-state index in [1.54, 1.807) is 6.33 Å². The highest BCUT2D eigenvalue weighted by Crippen LogP contribution is 2.33. The van der Waals surface area contributed by atoms with Gasteiger partial charge in [-0.25, -0.2) is 9.97 Å². The molecule has 0 aliphatic rings. The Kier molecular flexibility index (Phi) is 6.82. The lowest BCUT2D eigenvalue weighted by Gasteiger charge is -2.26. The van der Waals surface area contributed by atoms with Crippen LogP contribution in [0.4, 0.5) is 23.0 Å². The number of hydrogen-bond acceptors (Lipinski definition) is 6. The van der Waals surface area contributed by atoms with Crippen molar-refractivity contribution >= 4 is 23.0 Å². The van der Waals surface area contributed by atoms with Crippen LogP contribution in [-0.4, -0.2) is 16.6 Å². The Morgan fingerprint density at radius 2 is 1.41 bits per heavy atom. The molecule has 0 amide bonds. The van der Waals surface area contributed by atoms with Gasteiger partial charge in [0.15, 0.2) is 11.6 Å². The maximum Gasteiger partial charge on any atom is 0.159 e. The SMILES string of the molecule is CCOc1ccccc1Nc1ncnc(N(Cc2ccccc2)Cc2ccccc2)c1N. The molecule has 6 nitrogen and oxygen atoms in total. The first-order valence-electron chi connectivity index (χ1n) is 10.7. The van der Waals surface area contributed by atoms with Crippen LogP contribution in [0.15, 0.2) is 91.3 Å². The Balaban J connectivity index is 1.67. The fourth-order valence-corrected chi connectivity index (χ4v) is 3.53. The molecule has 3 N–H and O–H groups in total. The summed E-state index contributed by atoms with van der Waals surface area (Å²) in [7, 11) is 0. The Morgan fingerprint density at radius 1 is 0.812 bits per heavy atom. The number of nitrogen functional groups attached to an aromatic ring is 1. The van der Waals surface area contributed by atoms with Gasteiger partial charge in [0.2, 0.25) is 0 Å². The zero-order valence-corrected chi connectivity index (χ0v) is 18.1. The molecule has 3 aromatic carbocycles. The molecule has 0 aliphatic carbocycles. The summed E-state index contributed by atoms with van der Waals surface area (Å²) in [6, 6.07) is 28.3. The molecule has 0 saturated carbocycles. The number of aromatic nitrogens is 2. The molecule has 0 radical (unpaired) electrons. The van der Waals surface area contributed by atoms with E-state index < -0.39 is 0 Å². The van der Waals surface area contributed by atoms with Gasteiger partial charge in [-0.2, -0.15) is 0 Å². The first-order chi connectivity index (χ1) is 15.7. The number of nitrogens with one attached hydrogen (secondary N) is 1. The van der Waals surface area contributed by atoms with E-state index in [2.05, 4.69) is 44.5 Å². The highest BCUT2D eigenvalue weighted by molar-refractivity contribution is 5.79. The van der Waals surface area contributed by atoms with Gasteiger partial charge in [0.05, 0.1) is 12.3 Å². The second-order valence-corrected chi connectivity index (χ2v) is 7.34.